The second-order valence-electron chi connectivity index (χ2n) is 6.72. The molecule has 1 aromatic rings. The molecule has 0 aromatic heterocycles. The third-order valence-corrected chi connectivity index (χ3v) is 4.47. The van der Waals surface area contributed by atoms with Gasteiger partial charge < -0.3 is 14.2 Å². The number of esters is 2. The molecular formula is C23H34O5. The first-order valence-corrected chi connectivity index (χ1v) is 10.2. The Labute approximate surface area is 169 Å². The third kappa shape index (κ3) is 9.70. The third-order valence-electron chi connectivity index (χ3n) is 4.47. The van der Waals surface area contributed by atoms with Crippen molar-refractivity contribution in [2.75, 3.05) is 19.8 Å². The Hall–Kier alpha value is -2.14. The maximum atomic E-state index is 12.2. The minimum atomic E-state index is -0.862. The van der Waals surface area contributed by atoms with E-state index in [2.05, 4.69) is 6.58 Å². The van der Waals surface area contributed by atoms with Gasteiger partial charge in [-0.05, 0) is 44.6 Å². The molecule has 0 bridgehead atoms. The Kier molecular flexibility index (Phi) is 12.7. The van der Waals surface area contributed by atoms with Gasteiger partial charge in [0.2, 0.25) is 0 Å². The first-order valence-electron chi connectivity index (χ1n) is 10.2. The molecule has 0 spiro atoms. The fourth-order valence-corrected chi connectivity index (χ4v) is 3.08. The van der Waals surface area contributed by atoms with Crippen molar-refractivity contribution in [1.29, 1.82) is 0 Å². The normalized spacial score (nSPS) is 11.8. The van der Waals surface area contributed by atoms with E-state index in [1.54, 1.807) is 13.8 Å². The van der Waals surface area contributed by atoms with Gasteiger partial charge in [0.05, 0.1) is 19.8 Å². The van der Waals surface area contributed by atoms with E-state index in [-0.39, 0.29) is 19.1 Å². The Balaban J connectivity index is 2.42. The van der Waals surface area contributed by atoms with E-state index < -0.39 is 17.9 Å². The molecule has 1 aromatic carbocycles. The number of carbonyl (C=O) groups excluding carboxylic acids is 2. The fourth-order valence-electron chi connectivity index (χ4n) is 3.08. The van der Waals surface area contributed by atoms with Crippen LogP contribution in [-0.2, 0) is 30.4 Å². The summed E-state index contributed by atoms with van der Waals surface area (Å²) in [5.74, 6) is -1.67. The van der Waals surface area contributed by atoms with E-state index in [1.807, 2.05) is 36.4 Å². The second-order valence-corrected chi connectivity index (χ2v) is 6.72. The molecule has 1 rings (SSSR count). The summed E-state index contributed by atoms with van der Waals surface area (Å²) in [5, 5.41) is 0. The van der Waals surface area contributed by atoms with E-state index in [0.717, 1.165) is 25.7 Å². The highest BCUT2D eigenvalue weighted by Gasteiger charge is 2.31. The van der Waals surface area contributed by atoms with Gasteiger partial charge in [0, 0.05) is 6.61 Å². The summed E-state index contributed by atoms with van der Waals surface area (Å²) >= 11 is 0. The summed E-state index contributed by atoms with van der Waals surface area (Å²) in [6.07, 6.45) is 5.81. The highest BCUT2D eigenvalue weighted by atomic mass is 16.6. The largest absolute Gasteiger partial charge is 0.465 e. The van der Waals surface area contributed by atoms with Crippen LogP contribution in [0.5, 0.6) is 0 Å². The molecule has 156 valence electrons. The lowest BCUT2D eigenvalue weighted by Crippen LogP contribution is -2.30. The number of hydrogen-bond acceptors (Lipinski definition) is 5. The molecule has 0 amide bonds. The van der Waals surface area contributed by atoms with Crippen LogP contribution in [0.15, 0.2) is 43.0 Å². The lowest BCUT2D eigenvalue weighted by atomic mass is 9.88. The zero-order chi connectivity index (χ0) is 20.6. The van der Waals surface area contributed by atoms with E-state index >= 15 is 0 Å². The summed E-state index contributed by atoms with van der Waals surface area (Å²) in [6, 6.07) is 10.1. The van der Waals surface area contributed by atoms with Gasteiger partial charge in [-0.25, -0.2) is 0 Å². The highest BCUT2D eigenvalue weighted by Crippen LogP contribution is 2.24. The van der Waals surface area contributed by atoms with Gasteiger partial charge in [-0.15, -0.1) is 6.58 Å². The maximum Gasteiger partial charge on any atom is 0.320 e. The molecular weight excluding hydrogens is 356 g/mol. The molecule has 0 fully saturated rings. The average molecular weight is 391 g/mol. The summed E-state index contributed by atoms with van der Waals surface area (Å²) in [4.78, 5) is 24.4. The minimum absolute atomic E-state index is 0.186. The maximum absolute atomic E-state index is 12.2. The number of hydrogen-bond donors (Lipinski definition) is 0. The second kappa shape index (κ2) is 14.9. The topological polar surface area (TPSA) is 61.8 Å². The van der Waals surface area contributed by atoms with E-state index in [1.165, 1.54) is 5.56 Å². The molecule has 5 nitrogen and oxygen atoms in total. The number of benzene rings is 1. The van der Waals surface area contributed by atoms with Crippen LogP contribution in [0.4, 0.5) is 0 Å². The monoisotopic (exact) mass is 390 g/mol. The molecule has 0 aliphatic rings. The Morgan fingerprint density at radius 3 is 2.25 bits per heavy atom. The Bertz CT molecular complexity index is 552. The van der Waals surface area contributed by atoms with Crippen molar-refractivity contribution in [3.63, 3.8) is 0 Å². The summed E-state index contributed by atoms with van der Waals surface area (Å²) in [7, 11) is 0. The van der Waals surface area contributed by atoms with Crippen molar-refractivity contribution in [3.05, 3.63) is 48.6 Å². The highest BCUT2D eigenvalue weighted by molar-refractivity contribution is 5.94. The van der Waals surface area contributed by atoms with Gasteiger partial charge >= 0.3 is 11.9 Å². The number of carbonyl (C=O) groups is 2. The Morgan fingerprint density at radius 1 is 1.04 bits per heavy atom. The first-order chi connectivity index (χ1) is 13.6. The van der Waals surface area contributed by atoms with Crippen LogP contribution in [0.3, 0.4) is 0 Å². The number of rotatable bonds is 15. The van der Waals surface area contributed by atoms with Crippen LogP contribution < -0.4 is 0 Å². The Morgan fingerprint density at radius 2 is 1.68 bits per heavy atom. The lowest BCUT2D eigenvalue weighted by Gasteiger charge is -2.20. The van der Waals surface area contributed by atoms with E-state index in [9.17, 15) is 9.59 Å². The standard InChI is InChI=1S/C23H34O5/c1-4-12-19(17-21(22(24)27-5-2)23(25)28-6-3)13-10-11-16-26-18-20-14-8-7-9-15-20/h4,7-9,14-15,19,21H,1,5-6,10-13,16-18H2,2-3H3/t19-/m1/s1. The summed E-state index contributed by atoms with van der Waals surface area (Å²) in [5.41, 5.74) is 1.17. The summed E-state index contributed by atoms with van der Waals surface area (Å²) in [6.45, 7) is 9.07. The van der Waals surface area contributed by atoms with Crippen LogP contribution in [0.25, 0.3) is 0 Å². The molecule has 0 saturated carbocycles. The van der Waals surface area contributed by atoms with Crippen molar-refractivity contribution in [3.8, 4) is 0 Å². The number of unbranched alkanes of at least 4 members (excludes halogenated alkanes) is 1. The van der Waals surface area contributed by atoms with Gasteiger partial charge in [-0.2, -0.15) is 0 Å². The predicted octanol–water partition coefficient (Wildman–Crippen LogP) is 4.70. The van der Waals surface area contributed by atoms with E-state index in [4.69, 9.17) is 14.2 Å². The number of ether oxygens (including phenoxy) is 3. The van der Waals surface area contributed by atoms with Gasteiger partial charge in [-0.3, -0.25) is 9.59 Å². The summed E-state index contributed by atoms with van der Waals surface area (Å²) < 4.78 is 15.8. The molecule has 0 aliphatic heterocycles. The van der Waals surface area contributed by atoms with Gasteiger partial charge in [-0.1, -0.05) is 49.2 Å². The molecule has 1 atom stereocenters. The predicted molar refractivity (Wildman–Crippen MR) is 110 cm³/mol. The van der Waals surface area contributed by atoms with Crippen LogP contribution >= 0.6 is 0 Å². The van der Waals surface area contributed by atoms with E-state index in [0.29, 0.717) is 19.6 Å². The van der Waals surface area contributed by atoms with Gasteiger partial charge in [0.25, 0.3) is 0 Å². The molecule has 0 aliphatic carbocycles. The minimum Gasteiger partial charge on any atom is -0.465 e. The van der Waals surface area contributed by atoms with Crippen molar-refractivity contribution in [2.24, 2.45) is 11.8 Å². The quantitative estimate of drug-likeness (QED) is 0.188. The smallest absolute Gasteiger partial charge is 0.320 e. The first kappa shape index (κ1) is 23.9. The van der Waals surface area contributed by atoms with Crippen molar-refractivity contribution in [1.82, 2.24) is 0 Å². The van der Waals surface area contributed by atoms with Crippen LogP contribution in [-0.4, -0.2) is 31.8 Å². The van der Waals surface area contributed by atoms with Crippen LogP contribution in [0, 0.1) is 11.8 Å². The molecule has 0 N–H and O–H groups in total. The molecule has 28 heavy (non-hydrogen) atoms. The fraction of sp³-hybridized carbons (Fsp3) is 0.565. The SMILES string of the molecule is C=CC[C@H](CCCCOCc1ccccc1)CC(C(=O)OCC)C(=O)OCC. The average Bonchev–Trinajstić information content (AvgIpc) is 2.69. The van der Waals surface area contributed by atoms with Crippen LogP contribution in [0.1, 0.15) is 51.5 Å². The molecule has 0 heterocycles. The van der Waals surface area contributed by atoms with Crippen molar-refractivity contribution < 1.29 is 23.8 Å². The molecule has 5 heteroatoms. The zero-order valence-corrected chi connectivity index (χ0v) is 17.2. The molecule has 0 unspecified atom stereocenters. The van der Waals surface area contributed by atoms with Crippen molar-refractivity contribution in [2.45, 2.75) is 52.6 Å². The lowest BCUT2D eigenvalue weighted by molar-refractivity contribution is -0.162. The van der Waals surface area contributed by atoms with Gasteiger partial charge in [0.15, 0.2) is 5.92 Å². The van der Waals surface area contributed by atoms with Gasteiger partial charge in [0.1, 0.15) is 0 Å². The van der Waals surface area contributed by atoms with Crippen LogP contribution in [0.2, 0.25) is 0 Å². The zero-order valence-electron chi connectivity index (χ0n) is 17.2. The molecule has 0 radical (unpaired) electrons. The van der Waals surface area contributed by atoms with Crippen molar-refractivity contribution >= 4 is 11.9 Å². The molecule has 0 saturated heterocycles. The number of allylic oxidation sites excluding steroid dienone is 1.